The third-order valence-electron chi connectivity index (χ3n) is 2.45. The molecule has 4 nitrogen and oxygen atoms in total. The van der Waals surface area contributed by atoms with Crippen molar-refractivity contribution in [2.24, 2.45) is 0 Å². The van der Waals surface area contributed by atoms with Crippen molar-refractivity contribution in [2.45, 2.75) is 6.18 Å². The minimum Gasteiger partial charge on any atom is -0.357 e. The lowest BCUT2D eigenvalue weighted by atomic mass is 10.1. The van der Waals surface area contributed by atoms with Crippen molar-refractivity contribution in [3.8, 4) is 0 Å². The molecule has 0 spiro atoms. The minimum atomic E-state index is -4.44. The van der Waals surface area contributed by atoms with E-state index in [0.29, 0.717) is 10.4 Å². The number of nitrogens with one attached hydrogen (secondary N) is 2. The van der Waals surface area contributed by atoms with Gasteiger partial charge >= 0.3 is 6.18 Å². The van der Waals surface area contributed by atoms with Gasteiger partial charge in [-0.15, -0.1) is 0 Å². The molecule has 0 aliphatic heterocycles. The van der Waals surface area contributed by atoms with Crippen molar-refractivity contribution in [3.05, 3.63) is 40.5 Å². The summed E-state index contributed by atoms with van der Waals surface area (Å²) < 4.78 is 39.2. The zero-order chi connectivity index (χ0) is 14.8. The highest BCUT2D eigenvalue weighted by Gasteiger charge is 2.33. The van der Waals surface area contributed by atoms with Crippen molar-refractivity contribution >= 4 is 33.4 Å². The van der Waals surface area contributed by atoms with Crippen LogP contribution >= 0.6 is 15.9 Å². The summed E-state index contributed by atoms with van der Waals surface area (Å²) in [5, 5.41) is 5.38. The molecule has 0 amide bonds. The van der Waals surface area contributed by atoms with E-state index < -0.39 is 11.7 Å². The summed E-state index contributed by atoms with van der Waals surface area (Å²) in [5.41, 5.74) is -0.821. The second-order valence-corrected chi connectivity index (χ2v) is 4.66. The van der Waals surface area contributed by atoms with E-state index in [9.17, 15) is 13.2 Å². The van der Waals surface area contributed by atoms with Crippen molar-refractivity contribution in [1.82, 2.24) is 9.97 Å². The number of nitrogens with zero attached hydrogens (tertiary/aromatic N) is 2. The van der Waals surface area contributed by atoms with Gasteiger partial charge in [-0.25, -0.2) is 4.98 Å². The molecule has 1 aromatic heterocycles. The van der Waals surface area contributed by atoms with Gasteiger partial charge in [0, 0.05) is 13.2 Å². The Morgan fingerprint density at radius 3 is 2.55 bits per heavy atom. The number of para-hydroxylation sites is 1. The molecule has 8 heteroatoms. The monoisotopic (exact) mass is 346 g/mol. The van der Waals surface area contributed by atoms with Crippen LogP contribution in [0.4, 0.5) is 30.6 Å². The van der Waals surface area contributed by atoms with Gasteiger partial charge in [0.1, 0.15) is 5.82 Å². The first kappa shape index (κ1) is 14.6. The Morgan fingerprint density at radius 1 is 1.20 bits per heavy atom. The molecule has 20 heavy (non-hydrogen) atoms. The zero-order valence-electron chi connectivity index (χ0n) is 10.3. The molecule has 0 unspecified atom stereocenters. The van der Waals surface area contributed by atoms with E-state index >= 15 is 0 Å². The lowest BCUT2D eigenvalue weighted by Gasteiger charge is -2.14. The SMILES string of the molecule is CNc1ncc(Br)c(Nc2ccccc2C(F)(F)F)n1. The molecule has 0 fully saturated rings. The summed E-state index contributed by atoms with van der Waals surface area (Å²) in [4.78, 5) is 8.00. The Morgan fingerprint density at radius 2 is 1.90 bits per heavy atom. The fourth-order valence-electron chi connectivity index (χ4n) is 1.54. The number of benzene rings is 1. The van der Waals surface area contributed by atoms with Gasteiger partial charge in [-0.05, 0) is 28.1 Å². The zero-order valence-corrected chi connectivity index (χ0v) is 11.9. The molecule has 1 aromatic carbocycles. The molecule has 0 aliphatic carbocycles. The molecule has 0 saturated heterocycles. The summed E-state index contributed by atoms with van der Waals surface area (Å²) in [5.74, 6) is 0.557. The molecule has 0 atom stereocenters. The first-order chi connectivity index (χ1) is 9.41. The van der Waals surface area contributed by atoms with Gasteiger partial charge < -0.3 is 10.6 Å². The third kappa shape index (κ3) is 3.19. The average Bonchev–Trinajstić information content (AvgIpc) is 2.41. The van der Waals surface area contributed by atoms with Gasteiger partial charge in [0.15, 0.2) is 0 Å². The molecule has 2 N–H and O–H groups in total. The molecule has 106 valence electrons. The molecule has 2 aromatic rings. The van der Waals surface area contributed by atoms with Gasteiger partial charge in [-0.2, -0.15) is 18.2 Å². The van der Waals surface area contributed by atoms with Crippen LogP contribution in [0.3, 0.4) is 0 Å². The summed E-state index contributed by atoms with van der Waals surface area (Å²) in [6.45, 7) is 0. The number of rotatable bonds is 3. The number of alkyl halides is 3. The molecule has 0 aliphatic rings. The normalized spacial score (nSPS) is 11.2. The molecule has 2 rings (SSSR count). The first-order valence-corrected chi connectivity index (χ1v) is 6.34. The van der Waals surface area contributed by atoms with Gasteiger partial charge in [0.05, 0.1) is 15.7 Å². The minimum absolute atomic E-state index is 0.0681. The van der Waals surface area contributed by atoms with E-state index in [2.05, 4.69) is 36.5 Å². The van der Waals surface area contributed by atoms with Crippen LogP contribution in [0.2, 0.25) is 0 Å². The summed E-state index contributed by atoms with van der Waals surface area (Å²) in [6.07, 6.45) is -2.98. The Hall–Kier alpha value is -1.83. The molecule has 0 radical (unpaired) electrons. The van der Waals surface area contributed by atoms with Crippen LogP contribution in [-0.4, -0.2) is 17.0 Å². The van der Waals surface area contributed by atoms with Crippen LogP contribution < -0.4 is 10.6 Å². The van der Waals surface area contributed by atoms with Crippen molar-refractivity contribution in [1.29, 1.82) is 0 Å². The average molecular weight is 347 g/mol. The molecular formula is C12H10BrF3N4. The van der Waals surface area contributed by atoms with Crippen LogP contribution in [0.1, 0.15) is 5.56 Å². The lowest BCUT2D eigenvalue weighted by Crippen LogP contribution is -2.09. The van der Waals surface area contributed by atoms with Crippen LogP contribution in [0, 0.1) is 0 Å². The summed E-state index contributed by atoms with van der Waals surface area (Å²) in [7, 11) is 1.62. The van der Waals surface area contributed by atoms with Gasteiger partial charge in [-0.1, -0.05) is 12.1 Å². The largest absolute Gasteiger partial charge is 0.418 e. The molecular weight excluding hydrogens is 337 g/mol. The fraction of sp³-hybridized carbons (Fsp3) is 0.167. The van der Waals surface area contributed by atoms with Gasteiger partial charge in [0.25, 0.3) is 0 Å². The number of anilines is 3. The first-order valence-electron chi connectivity index (χ1n) is 5.55. The molecule has 1 heterocycles. The van der Waals surface area contributed by atoms with Crippen LogP contribution in [0.15, 0.2) is 34.9 Å². The van der Waals surface area contributed by atoms with Gasteiger partial charge in [-0.3, -0.25) is 0 Å². The van der Waals surface area contributed by atoms with Gasteiger partial charge in [0.2, 0.25) is 5.95 Å². The van der Waals surface area contributed by atoms with Crippen molar-refractivity contribution in [3.63, 3.8) is 0 Å². The Kier molecular flexibility index (Phi) is 4.12. The number of halogens is 4. The van der Waals surface area contributed by atoms with E-state index in [0.717, 1.165) is 6.07 Å². The Labute approximate surface area is 121 Å². The van der Waals surface area contributed by atoms with Crippen molar-refractivity contribution in [2.75, 3.05) is 17.7 Å². The predicted octanol–water partition coefficient (Wildman–Crippen LogP) is 4.04. The van der Waals surface area contributed by atoms with Crippen molar-refractivity contribution < 1.29 is 13.2 Å². The fourth-order valence-corrected chi connectivity index (χ4v) is 1.83. The highest BCUT2D eigenvalue weighted by Crippen LogP contribution is 2.36. The lowest BCUT2D eigenvalue weighted by molar-refractivity contribution is -0.136. The molecule has 0 bridgehead atoms. The smallest absolute Gasteiger partial charge is 0.357 e. The summed E-state index contributed by atoms with van der Waals surface area (Å²) in [6, 6.07) is 5.21. The van der Waals surface area contributed by atoms with Crippen LogP contribution in [0.5, 0.6) is 0 Å². The quantitative estimate of drug-likeness (QED) is 0.880. The summed E-state index contributed by atoms with van der Waals surface area (Å²) >= 11 is 3.20. The van der Waals surface area contributed by atoms with E-state index in [1.165, 1.54) is 24.4 Å². The highest BCUT2D eigenvalue weighted by atomic mass is 79.9. The number of hydrogen-bond acceptors (Lipinski definition) is 4. The maximum atomic E-state index is 12.9. The van der Waals surface area contributed by atoms with E-state index in [1.807, 2.05) is 0 Å². The predicted molar refractivity (Wildman–Crippen MR) is 74.0 cm³/mol. The Bertz CT molecular complexity index is 616. The maximum Gasteiger partial charge on any atom is 0.418 e. The van der Waals surface area contributed by atoms with E-state index in [-0.39, 0.29) is 11.5 Å². The number of hydrogen-bond donors (Lipinski definition) is 2. The second kappa shape index (κ2) is 5.66. The maximum absolute atomic E-state index is 12.9. The van der Waals surface area contributed by atoms with E-state index in [4.69, 9.17) is 0 Å². The van der Waals surface area contributed by atoms with E-state index in [1.54, 1.807) is 7.05 Å². The molecule has 0 saturated carbocycles. The Balaban J connectivity index is 2.40. The van der Waals surface area contributed by atoms with Crippen LogP contribution in [-0.2, 0) is 6.18 Å². The standard InChI is InChI=1S/C12H10BrF3N4/c1-17-11-18-6-8(13)10(20-11)19-9-5-3-2-4-7(9)12(14,15)16/h2-6H,1H3,(H2,17,18,19,20). The number of aromatic nitrogens is 2. The van der Waals surface area contributed by atoms with Crippen LogP contribution in [0.25, 0.3) is 0 Å². The highest BCUT2D eigenvalue weighted by molar-refractivity contribution is 9.10. The topological polar surface area (TPSA) is 49.8 Å². The third-order valence-corrected chi connectivity index (χ3v) is 3.03. The second-order valence-electron chi connectivity index (χ2n) is 3.81.